The summed E-state index contributed by atoms with van der Waals surface area (Å²) in [6.45, 7) is 0. The Kier molecular flexibility index (Phi) is 7.05. The lowest BCUT2D eigenvalue weighted by Crippen LogP contribution is -1.94. The Hall–Kier alpha value is -7.94. The molecule has 278 valence electrons. The molecule has 13 aromatic rings. The third-order valence-corrected chi connectivity index (χ3v) is 12.8. The highest BCUT2D eigenvalue weighted by Crippen LogP contribution is 2.48. The highest BCUT2D eigenvalue weighted by atomic mass is 15.0. The minimum Gasteiger partial charge on any atom is -0.309 e. The van der Waals surface area contributed by atoms with E-state index in [1.807, 2.05) is 0 Å². The highest BCUT2D eigenvalue weighted by Gasteiger charge is 2.22. The number of hydrogen-bond acceptors (Lipinski definition) is 0. The Bertz CT molecular complexity index is 3590. The second-order valence-corrected chi connectivity index (χ2v) is 16.0. The Morgan fingerprint density at radius 1 is 0.233 bits per heavy atom. The predicted molar refractivity (Wildman–Crippen MR) is 256 cm³/mol. The van der Waals surface area contributed by atoms with E-state index in [1.165, 1.54) is 109 Å². The molecule has 13 rings (SSSR count). The highest BCUT2D eigenvalue weighted by molar-refractivity contribution is 6.33. The van der Waals surface area contributed by atoms with Gasteiger partial charge in [0.15, 0.2) is 0 Å². The van der Waals surface area contributed by atoms with Crippen LogP contribution in [0.25, 0.3) is 120 Å². The normalized spacial score (nSPS) is 12.0. The van der Waals surface area contributed by atoms with E-state index in [1.54, 1.807) is 0 Å². The van der Waals surface area contributed by atoms with E-state index in [9.17, 15) is 0 Å². The van der Waals surface area contributed by atoms with Crippen molar-refractivity contribution >= 4 is 86.7 Å². The Labute approximate surface area is 346 Å². The second-order valence-electron chi connectivity index (χ2n) is 16.0. The molecule has 2 nitrogen and oxygen atoms in total. The van der Waals surface area contributed by atoms with Crippen LogP contribution in [0.3, 0.4) is 0 Å². The fourth-order valence-electron chi connectivity index (χ4n) is 10.3. The monoisotopic (exact) mass is 760 g/mol. The molecule has 0 radical (unpaired) electrons. The third kappa shape index (κ3) is 4.70. The van der Waals surface area contributed by atoms with Gasteiger partial charge in [-0.2, -0.15) is 0 Å². The molecule has 0 fully saturated rings. The van der Waals surface area contributed by atoms with Crippen molar-refractivity contribution in [2.24, 2.45) is 0 Å². The maximum absolute atomic E-state index is 2.49. The zero-order valence-corrected chi connectivity index (χ0v) is 32.7. The van der Waals surface area contributed by atoms with Crippen LogP contribution >= 0.6 is 0 Å². The zero-order valence-electron chi connectivity index (χ0n) is 32.7. The van der Waals surface area contributed by atoms with E-state index in [4.69, 9.17) is 0 Å². The summed E-state index contributed by atoms with van der Waals surface area (Å²) in [5.41, 5.74) is 12.1. The molecule has 0 bridgehead atoms. The molecule has 11 aromatic carbocycles. The van der Waals surface area contributed by atoms with Crippen molar-refractivity contribution in [2.45, 2.75) is 0 Å². The number of fused-ring (bicyclic) bond motifs is 14. The van der Waals surface area contributed by atoms with Gasteiger partial charge in [-0.3, -0.25) is 0 Å². The SMILES string of the molecule is c1ccc(-c2cc3cc4cc(-c5ccccc5)c5c(ccc6c5c5ccccc5n6-c5ccccc5)c4cc3c3ccc4c(c5ccccc5n4-c4ccccc4)c23)cc1. The number of para-hydroxylation sites is 4. The van der Waals surface area contributed by atoms with E-state index in [0.717, 1.165) is 11.4 Å². The van der Waals surface area contributed by atoms with Crippen molar-refractivity contribution in [3.05, 3.63) is 218 Å². The van der Waals surface area contributed by atoms with E-state index in [2.05, 4.69) is 228 Å². The van der Waals surface area contributed by atoms with Gasteiger partial charge < -0.3 is 9.13 Å². The maximum Gasteiger partial charge on any atom is 0.0547 e. The van der Waals surface area contributed by atoms with E-state index < -0.39 is 0 Å². The molecule has 2 aromatic heterocycles. The van der Waals surface area contributed by atoms with Gasteiger partial charge in [0, 0.05) is 43.7 Å². The summed E-state index contributed by atoms with van der Waals surface area (Å²) in [5.74, 6) is 0. The Morgan fingerprint density at radius 2 is 0.617 bits per heavy atom. The van der Waals surface area contributed by atoms with Crippen molar-refractivity contribution in [3.63, 3.8) is 0 Å². The summed E-state index contributed by atoms with van der Waals surface area (Å²) < 4.78 is 4.86. The number of nitrogens with zero attached hydrogens (tertiary/aromatic N) is 2. The van der Waals surface area contributed by atoms with Gasteiger partial charge in [-0.1, -0.05) is 146 Å². The molecule has 60 heavy (non-hydrogen) atoms. The second kappa shape index (κ2) is 12.8. The summed E-state index contributed by atoms with van der Waals surface area (Å²) in [6.07, 6.45) is 0. The van der Waals surface area contributed by atoms with Gasteiger partial charge in [0.2, 0.25) is 0 Å². The minimum atomic E-state index is 1.16. The van der Waals surface area contributed by atoms with Crippen LogP contribution in [0.4, 0.5) is 0 Å². The van der Waals surface area contributed by atoms with Crippen LogP contribution in [-0.4, -0.2) is 9.13 Å². The standard InChI is InChI=1S/C58H36N2/c1-5-17-37(18-6-1)49-34-39-33-40-35-50(38-19-7-2-8-20-38)56-44(30-32-54-58(56)46-26-14-16-28-52(46)60(54)42-23-11-4-12-24-42)48(40)36-47(39)43-29-31-53-57(55(43)49)45-25-13-15-27-51(45)59(53)41-21-9-3-10-22-41/h1-36H. The molecule has 0 aliphatic carbocycles. The van der Waals surface area contributed by atoms with Crippen LogP contribution in [0.1, 0.15) is 0 Å². The predicted octanol–water partition coefficient (Wildman–Crippen LogP) is 15.8. The van der Waals surface area contributed by atoms with E-state index >= 15 is 0 Å². The number of rotatable bonds is 4. The number of hydrogen-bond donors (Lipinski definition) is 0. The molecular formula is C58H36N2. The molecular weight excluding hydrogens is 725 g/mol. The van der Waals surface area contributed by atoms with Crippen LogP contribution < -0.4 is 0 Å². The topological polar surface area (TPSA) is 9.86 Å². The first-order chi connectivity index (χ1) is 29.8. The lowest BCUT2D eigenvalue weighted by Gasteiger charge is -2.17. The molecule has 0 saturated carbocycles. The Morgan fingerprint density at radius 3 is 1.05 bits per heavy atom. The maximum atomic E-state index is 2.49. The summed E-state index contributed by atoms with van der Waals surface area (Å²) >= 11 is 0. The van der Waals surface area contributed by atoms with Crippen molar-refractivity contribution < 1.29 is 0 Å². The third-order valence-electron chi connectivity index (χ3n) is 12.8. The molecule has 0 aliphatic heterocycles. The molecule has 0 amide bonds. The summed E-state index contributed by atoms with van der Waals surface area (Å²) in [7, 11) is 0. The van der Waals surface area contributed by atoms with Gasteiger partial charge in [-0.25, -0.2) is 0 Å². The van der Waals surface area contributed by atoms with Crippen molar-refractivity contribution in [3.8, 4) is 33.6 Å². The number of aromatic nitrogens is 2. The molecule has 0 unspecified atom stereocenters. The van der Waals surface area contributed by atoms with Gasteiger partial charge in [0.1, 0.15) is 0 Å². The van der Waals surface area contributed by atoms with Gasteiger partial charge >= 0.3 is 0 Å². The van der Waals surface area contributed by atoms with E-state index in [-0.39, 0.29) is 0 Å². The smallest absolute Gasteiger partial charge is 0.0547 e. The average Bonchev–Trinajstić information content (AvgIpc) is 3.85. The quantitative estimate of drug-likeness (QED) is 0.125. The van der Waals surface area contributed by atoms with Crippen molar-refractivity contribution in [2.75, 3.05) is 0 Å². The summed E-state index contributed by atoms with van der Waals surface area (Å²) in [6, 6.07) is 80.5. The summed E-state index contributed by atoms with van der Waals surface area (Å²) in [4.78, 5) is 0. The van der Waals surface area contributed by atoms with E-state index in [0.29, 0.717) is 0 Å². The summed E-state index contributed by atoms with van der Waals surface area (Å²) in [5, 5.41) is 15.2. The molecule has 0 spiro atoms. The molecule has 2 heterocycles. The van der Waals surface area contributed by atoms with Crippen molar-refractivity contribution in [1.29, 1.82) is 0 Å². The fourth-order valence-corrected chi connectivity index (χ4v) is 10.3. The number of benzene rings is 11. The minimum absolute atomic E-state index is 1.16. The van der Waals surface area contributed by atoms with Crippen LogP contribution in [0, 0.1) is 0 Å². The molecule has 0 N–H and O–H groups in total. The molecule has 0 atom stereocenters. The Balaban J connectivity index is 1.21. The van der Waals surface area contributed by atoms with Crippen LogP contribution in [0.2, 0.25) is 0 Å². The fraction of sp³-hybridized carbons (Fsp3) is 0. The lowest BCUT2D eigenvalue weighted by molar-refractivity contribution is 1.18. The van der Waals surface area contributed by atoms with Gasteiger partial charge in [0.05, 0.1) is 22.1 Å². The lowest BCUT2D eigenvalue weighted by atomic mass is 9.86. The van der Waals surface area contributed by atoms with Crippen LogP contribution in [-0.2, 0) is 0 Å². The first-order valence-corrected chi connectivity index (χ1v) is 20.8. The van der Waals surface area contributed by atoms with Crippen molar-refractivity contribution in [1.82, 2.24) is 9.13 Å². The first kappa shape index (κ1) is 33.1. The van der Waals surface area contributed by atoms with Gasteiger partial charge in [0.25, 0.3) is 0 Å². The van der Waals surface area contributed by atoms with Crippen LogP contribution in [0.15, 0.2) is 218 Å². The first-order valence-electron chi connectivity index (χ1n) is 20.8. The largest absolute Gasteiger partial charge is 0.309 e. The van der Waals surface area contributed by atoms with Crippen LogP contribution in [0.5, 0.6) is 0 Å². The molecule has 2 heteroatoms. The molecule has 0 aliphatic rings. The zero-order chi connectivity index (χ0) is 39.3. The average molecular weight is 761 g/mol. The van der Waals surface area contributed by atoms with Gasteiger partial charge in [-0.05, 0) is 127 Å². The van der Waals surface area contributed by atoms with Gasteiger partial charge in [-0.15, -0.1) is 0 Å². The molecule has 0 saturated heterocycles.